The third kappa shape index (κ3) is 37.3. The van der Waals surface area contributed by atoms with Gasteiger partial charge in [-0.2, -0.15) is 8.42 Å². The van der Waals surface area contributed by atoms with Crippen molar-refractivity contribution in [2.24, 2.45) is 0 Å². The molecule has 1 fully saturated rings. The lowest BCUT2D eigenvalue weighted by Crippen LogP contribution is -2.32. The minimum Gasteiger partial charge on any atom is -0.395 e. The Bertz CT molecular complexity index is 352. The maximum absolute atomic E-state index is 8.74. The molecule has 1 saturated heterocycles. The molecule has 0 amide bonds. The number of hydrogen-bond acceptors (Lipinski definition) is 8. The Morgan fingerprint density at radius 3 is 1.00 bits per heavy atom. The molecule has 10 nitrogen and oxygen atoms in total. The van der Waals surface area contributed by atoms with Crippen molar-refractivity contribution in [3.8, 4) is 0 Å². The van der Waals surface area contributed by atoms with E-state index in [9.17, 15) is 0 Å². The van der Waals surface area contributed by atoms with Crippen LogP contribution >= 0.6 is 0 Å². The fraction of sp³-hybridized carbons (Fsp3) is 1.00. The first-order chi connectivity index (χ1) is 14.8. The molecule has 0 aromatic heterocycles. The van der Waals surface area contributed by atoms with Gasteiger partial charge in [0.05, 0.1) is 33.0 Å². The average Bonchev–Trinajstić information content (AvgIpc) is 2.68. The predicted molar refractivity (Wildman–Crippen MR) is 119 cm³/mol. The van der Waals surface area contributed by atoms with E-state index in [0.717, 1.165) is 26.1 Å². The van der Waals surface area contributed by atoms with Crippen LogP contribution in [0.1, 0.15) is 77.0 Å². The van der Waals surface area contributed by atoms with Crippen molar-refractivity contribution in [1.29, 1.82) is 0 Å². The van der Waals surface area contributed by atoms with Crippen LogP contribution in [0.5, 0.6) is 0 Å². The summed E-state index contributed by atoms with van der Waals surface area (Å²) in [7, 11) is -4.67. The molecule has 0 aliphatic carbocycles. The van der Waals surface area contributed by atoms with Crippen molar-refractivity contribution in [2.75, 3.05) is 52.7 Å². The molecule has 0 atom stereocenters. The highest BCUT2D eigenvalue weighted by atomic mass is 32.3. The van der Waals surface area contributed by atoms with Crippen LogP contribution in [0.3, 0.4) is 0 Å². The van der Waals surface area contributed by atoms with Gasteiger partial charge in [0.2, 0.25) is 0 Å². The number of hydrogen-bond donors (Lipinski definition) is 5. The molecule has 0 saturated carbocycles. The Morgan fingerprint density at radius 2 is 0.774 bits per heavy atom. The van der Waals surface area contributed by atoms with E-state index in [1.807, 2.05) is 0 Å². The zero-order chi connectivity index (χ0) is 23.6. The van der Waals surface area contributed by atoms with Gasteiger partial charge in [0.25, 0.3) is 0 Å². The zero-order valence-electron chi connectivity index (χ0n) is 18.9. The summed E-state index contributed by atoms with van der Waals surface area (Å²) in [6, 6.07) is 0. The van der Waals surface area contributed by atoms with Crippen LogP contribution in [-0.2, 0) is 20.2 Å². The van der Waals surface area contributed by atoms with Gasteiger partial charge >= 0.3 is 10.4 Å². The quantitative estimate of drug-likeness (QED) is 0.285. The third-order valence-corrected chi connectivity index (χ3v) is 4.54. The fourth-order valence-electron chi connectivity index (χ4n) is 2.97. The molecule has 1 aliphatic rings. The minimum atomic E-state index is -4.67. The van der Waals surface area contributed by atoms with Gasteiger partial charge < -0.3 is 15.3 Å². The number of aliphatic hydroxyl groups is 3. The van der Waals surface area contributed by atoms with Gasteiger partial charge in [0.15, 0.2) is 0 Å². The Balaban J connectivity index is 0. The van der Waals surface area contributed by atoms with Crippen LogP contribution in [-0.4, -0.2) is 90.4 Å². The SMILES string of the molecule is C1CCCCCCCOOCCCCCC1.O=S(=O)(O)O.OCCN(CCO)CCO. The Labute approximate surface area is 188 Å². The van der Waals surface area contributed by atoms with Gasteiger partial charge in [0.1, 0.15) is 0 Å². The van der Waals surface area contributed by atoms with Gasteiger partial charge in [-0.1, -0.05) is 64.2 Å². The topological polar surface area (TPSA) is 157 Å². The van der Waals surface area contributed by atoms with Crippen LogP contribution in [0.25, 0.3) is 0 Å². The molecule has 5 N–H and O–H groups in total. The zero-order valence-corrected chi connectivity index (χ0v) is 19.7. The summed E-state index contributed by atoms with van der Waals surface area (Å²) in [4.78, 5) is 12.1. The van der Waals surface area contributed by atoms with E-state index in [-0.39, 0.29) is 19.8 Å². The Hall–Kier alpha value is -0.370. The highest BCUT2D eigenvalue weighted by Crippen LogP contribution is 2.12. The van der Waals surface area contributed by atoms with Gasteiger partial charge in [0, 0.05) is 19.6 Å². The van der Waals surface area contributed by atoms with Crippen molar-refractivity contribution in [3.63, 3.8) is 0 Å². The second-order valence-corrected chi connectivity index (χ2v) is 8.24. The summed E-state index contributed by atoms with van der Waals surface area (Å²) in [5, 5.41) is 25.5. The fourth-order valence-corrected chi connectivity index (χ4v) is 2.97. The van der Waals surface area contributed by atoms with Crippen molar-refractivity contribution >= 4 is 10.4 Å². The lowest BCUT2D eigenvalue weighted by atomic mass is 10.1. The maximum atomic E-state index is 8.74. The van der Waals surface area contributed by atoms with Crippen LogP contribution in [0, 0.1) is 0 Å². The Kier molecular flexibility index (Phi) is 27.4. The van der Waals surface area contributed by atoms with Crippen LogP contribution < -0.4 is 0 Å². The summed E-state index contributed by atoms with van der Waals surface area (Å²) in [6.45, 7) is 3.31. The molecule has 1 aliphatic heterocycles. The van der Waals surface area contributed by atoms with Crippen molar-refractivity contribution < 1.29 is 42.6 Å². The van der Waals surface area contributed by atoms with Crippen molar-refractivity contribution in [2.45, 2.75) is 77.0 Å². The molecule has 1 rings (SSSR count). The molecule has 0 radical (unpaired) electrons. The summed E-state index contributed by atoms with van der Waals surface area (Å²) in [6.07, 6.45) is 16.2. The second kappa shape index (κ2) is 25.9. The van der Waals surface area contributed by atoms with Gasteiger partial charge in [-0.3, -0.25) is 14.0 Å². The molecule has 1 heterocycles. The van der Waals surface area contributed by atoms with E-state index in [1.54, 1.807) is 4.90 Å². The highest BCUT2D eigenvalue weighted by molar-refractivity contribution is 7.79. The van der Waals surface area contributed by atoms with Crippen LogP contribution in [0.4, 0.5) is 0 Å². The molecule has 0 aromatic carbocycles. The first kappa shape index (κ1) is 32.8. The van der Waals surface area contributed by atoms with E-state index in [1.165, 1.54) is 64.2 Å². The summed E-state index contributed by atoms with van der Waals surface area (Å²) >= 11 is 0. The van der Waals surface area contributed by atoms with Crippen molar-refractivity contribution in [1.82, 2.24) is 4.90 Å². The van der Waals surface area contributed by atoms with Gasteiger partial charge in [-0.15, -0.1) is 0 Å². The molecule has 11 heteroatoms. The number of nitrogens with zero attached hydrogens (tertiary/aromatic N) is 1. The van der Waals surface area contributed by atoms with Gasteiger partial charge in [-0.25, -0.2) is 9.78 Å². The van der Waals surface area contributed by atoms with E-state index in [0.29, 0.717) is 19.6 Å². The number of rotatable bonds is 6. The van der Waals surface area contributed by atoms with E-state index in [4.69, 9.17) is 42.6 Å². The predicted octanol–water partition coefficient (Wildman–Crippen LogP) is 2.24. The third-order valence-electron chi connectivity index (χ3n) is 4.54. The minimum absolute atomic E-state index is 0.0694. The number of aliphatic hydroxyl groups excluding tert-OH is 3. The van der Waals surface area contributed by atoms with Crippen LogP contribution in [0.15, 0.2) is 0 Å². The van der Waals surface area contributed by atoms with Crippen LogP contribution in [0.2, 0.25) is 0 Å². The average molecular weight is 476 g/mol. The summed E-state index contributed by atoms with van der Waals surface area (Å²) < 4.78 is 31.6. The molecule has 0 bridgehead atoms. The summed E-state index contributed by atoms with van der Waals surface area (Å²) in [5.74, 6) is 0. The molecule has 0 unspecified atom stereocenters. The molecule has 31 heavy (non-hydrogen) atoms. The largest absolute Gasteiger partial charge is 0.395 e. The monoisotopic (exact) mass is 475 g/mol. The first-order valence-corrected chi connectivity index (χ1v) is 12.7. The summed E-state index contributed by atoms with van der Waals surface area (Å²) in [5.41, 5.74) is 0. The second-order valence-electron chi connectivity index (χ2n) is 7.35. The normalized spacial score (nSPS) is 17.7. The van der Waals surface area contributed by atoms with E-state index < -0.39 is 10.4 Å². The first-order valence-electron chi connectivity index (χ1n) is 11.3. The molecule has 0 aromatic rings. The van der Waals surface area contributed by atoms with Gasteiger partial charge in [-0.05, 0) is 12.8 Å². The smallest absolute Gasteiger partial charge is 0.394 e. The maximum Gasteiger partial charge on any atom is 0.394 e. The molecule has 190 valence electrons. The highest BCUT2D eigenvalue weighted by Gasteiger charge is 2.00. The van der Waals surface area contributed by atoms with Crippen molar-refractivity contribution in [3.05, 3.63) is 0 Å². The van der Waals surface area contributed by atoms with E-state index in [2.05, 4.69) is 0 Å². The standard InChI is InChI=1S/C14H28O2.C6H15NO3.H2O4S/c1-2-4-6-8-10-12-14-16-15-13-11-9-7-5-3-1;8-4-1-7(2-5-9)3-6-10;1-5(2,3)4/h1-14H2;8-10H,1-6H2;(H2,1,2,3,4). The lowest BCUT2D eigenvalue weighted by molar-refractivity contribution is -0.295. The van der Waals surface area contributed by atoms with E-state index >= 15 is 0 Å². The molecular weight excluding hydrogens is 430 g/mol. The molecular formula is C20H45NO9S. The lowest BCUT2D eigenvalue weighted by Gasteiger charge is -2.17. The Morgan fingerprint density at radius 1 is 0.548 bits per heavy atom. The molecule has 0 spiro atoms.